The molecule has 1 amide bonds. The highest BCUT2D eigenvalue weighted by molar-refractivity contribution is 5.78. The van der Waals surface area contributed by atoms with E-state index in [2.05, 4.69) is 10.2 Å². The summed E-state index contributed by atoms with van der Waals surface area (Å²) in [5.74, 6) is 0.129. The summed E-state index contributed by atoms with van der Waals surface area (Å²) >= 11 is 0. The van der Waals surface area contributed by atoms with Crippen LogP contribution in [0, 0.1) is 0 Å². The summed E-state index contributed by atoms with van der Waals surface area (Å²) in [6.45, 7) is 4.90. The second-order valence-electron chi connectivity index (χ2n) is 7.24. The van der Waals surface area contributed by atoms with Gasteiger partial charge in [0.15, 0.2) is 0 Å². The van der Waals surface area contributed by atoms with E-state index in [1.807, 2.05) is 9.80 Å². The number of amides is 1. The fourth-order valence-corrected chi connectivity index (χ4v) is 3.97. The zero-order valence-electron chi connectivity index (χ0n) is 15.6. The highest BCUT2D eigenvalue weighted by atomic mass is 19.4. The Morgan fingerprint density at radius 1 is 1.19 bits per heavy atom. The first-order valence-corrected chi connectivity index (χ1v) is 9.47. The average Bonchev–Trinajstić information content (AvgIpc) is 2.68. The summed E-state index contributed by atoms with van der Waals surface area (Å²) < 4.78 is 38.8. The van der Waals surface area contributed by atoms with Gasteiger partial charge in [-0.2, -0.15) is 13.2 Å². The Kier molecular flexibility index (Phi) is 6.26. The van der Waals surface area contributed by atoms with Gasteiger partial charge in [-0.1, -0.05) is 6.07 Å². The van der Waals surface area contributed by atoms with Gasteiger partial charge in [-0.15, -0.1) is 0 Å². The van der Waals surface area contributed by atoms with Crippen LogP contribution in [0.25, 0.3) is 0 Å². The number of hydrogen-bond acceptors (Lipinski definition) is 4. The van der Waals surface area contributed by atoms with Crippen molar-refractivity contribution in [1.29, 1.82) is 0 Å². The number of piperazine rings is 1. The Morgan fingerprint density at radius 3 is 2.59 bits per heavy atom. The standard InChI is InChI=1S/C19H27F3N4O/c1-23-13-18(27)26-7-3-6-17(14-26)25-10-8-24(9-11-25)16-5-2-4-15(12-16)19(20,21)22/h2,4-5,12,17,23H,3,6-11,13-14H2,1H3/t17-/m0/s1. The molecule has 2 heterocycles. The smallest absolute Gasteiger partial charge is 0.369 e. The number of nitrogens with one attached hydrogen (secondary N) is 1. The molecule has 0 unspecified atom stereocenters. The molecule has 0 aromatic heterocycles. The van der Waals surface area contributed by atoms with Crippen LogP contribution in [0.5, 0.6) is 0 Å². The minimum atomic E-state index is -4.32. The van der Waals surface area contributed by atoms with Gasteiger partial charge in [0.25, 0.3) is 0 Å². The Bertz CT molecular complexity index is 644. The highest BCUT2D eigenvalue weighted by Gasteiger charge is 2.32. The molecule has 150 valence electrons. The quantitative estimate of drug-likeness (QED) is 0.862. The third-order valence-electron chi connectivity index (χ3n) is 5.45. The van der Waals surface area contributed by atoms with E-state index in [1.54, 1.807) is 13.1 Å². The predicted octanol–water partition coefficient (Wildman–Crippen LogP) is 2.04. The number of halogens is 3. The largest absolute Gasteiger partial charge is 0.416 e. The normalized spacial score (nSPS) is 22.1. The Balaban J connectivity index is 1.57. The zero-order valence-corrected chi connectivity index (χ0v) is 15.6. The number of likely N-dealkylation sites (N-methyl/N-ethyl adjacent to an activating group) is 1. The Labute approximate surface area is 158 Å². The van der Waals surface area contributed by atoms with Crippen LogP contribution in [0.2, 0.25) is 0 Å². The number of hydrogen-bond donors (Lipinski definition) is 1. The van der Waals surface area contributed by atoms with E-state index >= 15 is 0 Å². The van der Waals surface area contributed by atoms with Gasteiger partial charge in [0.1, 0.15) is 0 Å². The monoisotopic (exact) mass is 384 g/mol. The topological polar surface area (TPSA) is 38.8 Å². The van der Waals surface area contributed by atoms with Crippen LogP contribution < -0.4 is 10.2 Å². The number of rotatable bonds is 4. The molecule has 2 saturated heterocycles. The van der Waals surface area contributed by atoms with Crippen LogP contribution in [-0.4, -0.2) is 74.6 Å². The maximum Gasteiger partial charge on any atom is 0.416 e. The van der Waals surface area contributed by atoms with E-state index in [-0.39, 0.29) is 5.91 Å². The summed E-state index contributed by atoms with van der Waals surface area (Å²) in [4.78, 5) is 18.4. The maximum atomic E-state index is 12.9. The minimum Gasteiger partial charge on any atom is -0.369 e. The molecule has 0 bridgehead atoms. The number of carbonyl (C=O) groups excluding carboxylic acids is 1. The first-order valence-electron chi connectivity index (χ1n) is 9.47. The summed E-state index contributed by atoms with van der Waals surface area (Å²) in [7, 11) is 1.77. The van der Waals surface area contributed by atoms with Crippen molar-refractivity contribution in [1.82, 2.24) is 15.1 Å². The molecule has 2 aliphatic heterocycles. The van der Waals surface area contributed by atoms with Gasteiger partial charge in [0.2, 0.25) is 5.91 Å². The molecule has 3 rings (SSSR count). The summed E-state index contributed by atoms with van der Waals surface area (Å²) in [5, 5.41) is 2.91. The SMILES string of the molecule is CNCC(=O)N1CCC[C@H](N2CCN(c3cccc(C(F)(F)F)c3)CC2)C1. The summed E-state index contributed by atoms with van der Waals surface area (Å²) in [5.41, 5.74) is 0.0207. The van der Waals surface area contributed by atoms with E-state index in [9.17, 15) is 18.0 Å². The molecule has 2 fully saturated rings. The fourth-order valence-electron chi connectivity index (χ4n) is 3.97. The number of likely N-dealkylation sites (tertiary alicyclic amines) is 1. The van der Waals surface area contributed by atoms with Crippen LogP contribution in [0.3, 0.4) is 0 Å². The number of piperidine rings is 1. The van der Waals surface area contributed by atoms with Crippen molar-refractivity contribution in [2.24, 2.45) is 0 Å². The molecule has 0 spiro atoms. The van der Waals surface area contributed by atoms with Crippen LogP contribution in [0.4, 0.5) is 18.9 Å². The first kappa shape index (κ1) is 19.9. The molecule has 0 aliphatic carbocycles. The molecule has 5 nitrogen and oxygen atoms in total. The molecule has 2 aliphatic rings. The lowest BCUT2D eigenvalue weighted by atomic mass is 10.0. The molecule has 1 aromatic rings. The Hall–Kier alpha value is -1.80. The van der Waals surface area contributed by atoms with Gasteiger partial charge in [-0.05, 0) is 38.1 Å². The predicted molar refractivity (Wildman–Crippen MR) is 98.8 cm³/mol. The number of anilines is 1. The van der Waals surface area contributed by atoms with Crippen LogP contribution in [0.15, 0.2) is 24.3 Å². The van der Waals surface area contributed by atoms with E-state index < -0.39 is 11.7 Å². The summed E-state index contributed by atoms with van der Waals surface area (Å²) in [6.07, 6.45) is -2.26. The third-order valence-corrected chi connectivity index (χ3v) is 5.45. The molecule has 1 atom stereocenters. The zero-order chi connectivity index (χ0) is 19.4. The minimum absolute atomic E-state index is 0.129. The van der Waals surface area contributed by atoms with Gasteiger partial charge in [-0.25, -0.2) is 0 Å². The van der Waals surface area contributed by atoms with Gasteiger partial charge in [-0.3, -0.25) is 9.69 Å². The summed E-state index contributed by atoms with van der Waals surface area (Å²) in [6, 6.07) is 5.89. The highest BCUT2D eigenvalue weighted by Crippen LogP contribution is 2.32. The van der Waals surface area contributed by atoms with Crippen molar-refractivity contribution in [3.63, 3.8) is 0 Å². The molecule has 1 N–H and O–H groups in total. The van der Waals surface area contributed by atoms with Crippen molar-refractivity contribution in [3.05, 3.63) is 29.8 Å². The van der Waals surface area contributed by atoms with Crippen molar-refractivity contribution in [2.45, 2.75) is 25.1 Å². The number of alkyl halides is 3. The lowest BCUT2D eigenvalue weighted by Gasteiger charge is -2.44. The molecule has 8 heteroatoms. The van der Waals surface area contributed by atoms with E-state index in [4.69, 9.17) is 0 Å². The third kappa shape index (κ3) is 4.93. The van der Waals surface area contributed by atoms with Gasteiger partial charge < -0.3 is 15.1 Å². The molecule has 27 heavy (non-hydrogen) atoms. The second kappa shape index (κ2) is 8.48. The molecule has 0 radical (unpaired) electrons. The maximum absolute atomic E-state index is 12.9. The van der Waals surface area contributed by atoms with Crippen molar-refractivity contribution in [2.75, 3.05) is 57.8 Å². The fraction of sp³-hybridized carbons (Fsp3) is 0.632. The van der Waals surface area contributed by atoms with Crippen LogP contribution in [-0.2, 0) is 11.0 Å². The second-order valence-corrected chi connectivity index (χ2v) is 7.24. The van der Waals surface area contributed by atoms with E-state index in [1.165, 1.54) is 12.1 Å². The van der Waals surface area contributed by atoms with Gasteiger partial charge in [0.05, 0.1) is 12.1 Å². The van der Waals surface area contributed by atoms with E-state index in [0.717, 1.165) is 45.1 Å². The first-order chi connectivity index (χ1) is 12.9. The van der Waals surface area contributed by atoms with Crippen molar-refractivity contribution < 1.29 is 18.0 Å². The van der Waals surface area contributed by atoms with Crippen LogP contribution in [0.1, 0.15) is 18.4 Å². The Morgan fingerprint density at radius 2 is 1.93 bits per heavy atom. The molecular formula is C19H27F3N4O. The molecule has 1 aromatic carbocycles. The number of carbonyl (C=O) groups is 1. The lowest BCUT2D eigenvalue weighted by molar-refractivity contribution is -0.137. The van der Waals surface area contributed by atoms with Crippen molar-refractivity contribution >= 4 is 11.6 Å². The average molecular weight is 384 g/mol. The van der Waals surface area contributed by atoms with Gasteiger partial charge in [0, 0.05) is 51.0 Å². The van der Waals surface area contributed by atoms with Crippen molar-refractivity contribution in [3.8, 4) is 0 Å². The van der Waals surface area contributed by atoms with Gasteiger partial charge >= 0.3 is 6.18 Å². The van der Waals surface area contributed by atoms with Crippen LogP contribution >= 0.6 is 0 Å². The molecule has 0 saturated carbocycles. The van der Waals surface area contributed by atoms with E-state index in [0.29, 0.717) is 31.4 Å². The number of nitrogens with zero attached hydrogens (tertiary/aromatic N) is 3. The number of benzene rings is 1. The molecular weight excluding hydrogens is 357 g/mol. The lowest BCUT2D eigenvalue weighted by Crippen LogP contribution is -2.56.